The molecule has 146 valence electrons. The molecule has 2 aliphatic rings. The molecule has 0 aromatic heterocycles. The zero-order valence-electron chi connectivity index (χ0n) is 14.9. The molecule has 3 amide bonds. The molecule has 0 radical (unpaired) electrons. The van der Waals surface area contributed by atoms with Crippen molar-refractivity contribution in [3.8, 4) is 0 Å². The summed E-state index contributed by atoms with van der Waals surface area (Å²) in [5, 5.41) is 14.9. The number of carbonyl (C=O) groups excluding carboxylic acids is 2. The van der Waals surface area contributed by atoms with E-state index in [1.54, 1.807) is 18.0 Å². The van der Waals surface area contributed by atoms with Gasteiger partial charge in [0.15, 0.2) is 12.0 Å². The predicted molar refractivity (Wildman–Crippen MR) is 99.2 cm³/mol. The van der Waals surface area contributed by atoms with Gasteiger partial charge in [-0.1, -0.05) is 29.8 Å². The van der Waals surface area contributed by atoms with Crippen molar-refractivity contribution in [3.63, 3.8) is 0 Å². The van der Waals surface area contributed by atoms with Gasteiger partial charge in [-0.25, -0.2) is 4.79 Å². The molecule has 2 fully saturated rings. The van der Waals surface area contributed by atoms with Crippen LogP contribution < -0.4 is 10.6 Å². The molecular formula is C17H22ClN5O4. The van der Waals surface area contributed by atoms with Crippen LogP contribution in [0.5, 0.6) is 0 Å². The van der Waals surface area contributed by atoms with Crippen LogP contribution in [0.4, 0.5) is 4.79 Å². The summed E-state index contributed by atoms with van der Waals surface area (Å²) >= 11 is 6.28. The first kappa shape index (κ1) is 19.4. The number of rotatable bonds is 7. The highest BCUT2D eigenvalue weighted by atomic mass is 35.5. The molecule has 2 aliphatic heterocycles. The smallest absolute Gasteiger partial charge is 0.325 e. The predicted octanol–water partition coefficient (Wildman–Crippen LogP) is -0.0136. The fraction of sp³-hybridized carbons (Fsp3) is 0.471. The second-order valence-corrected chi connectivity index (χ2v) is 6.61. The molecule has 0 aliphatic carbocycles. The lowest BCUT2D eigenvalue weighted by Gasteiger charge is -2.35. The first-order valence-electron chi connectivity index (χ1n) is 8.60. The molecule has 0 saturated carbocycles. The number of urea groups is 1. The minimum absolute atomic E-state index is 0.0509. The number of hydrogen-bond acceptors (Lipinski definition) is 5. The number of imide groups is 1. The second kappa shape index (κ2) is 8.55. The Hall–Kier alpha value is -2.36. The van der Waals surface area contributed by atoms with Crippen LogP contribution in [-0.2, 0) is 16.1 Å². The fourth-order valence-corrected chi connectivity index (χ4v) is 3.28. The van der Waals surface area contributed by atoms with Gasteiger partial charge in [0.05, 0.1) is 26.4 Å². The molecule has 27 heavy (non-hydrogen) atoms. The maximum absolute atomic E-state index is 12.5. The molecule has 3 rings (SSSR count). The van der Waals surface area contributed by atoms with Crippen LogP contribution in [0.2, 0.25) is 5.02 Å². The normalized spacial score (nSPS) is 23.4. The molecule has 2 saturated heterocycles. The van der Waals surface area contributed by atoms with Crippen LogP contribution in [0.25, 0.3) is 0 Å². The lowest BCUT2D eigenvalue weighted by Crippen LogP contribution is -2.64. The van der Waals surface area contributed by atoms with Crippen LogP contribution >= 0.6 is 11.6 Å². The van der Waals surface area contributed by atoms with Gasteiger partial charge in [-0.3, -0.25) is 15.1 Å². The van der Waals surface area contributed by atoms with Crippen molar-refractivity contribution in [3.05, 3.63) is 34.9 Å². The van der Waals surface area contributed by atoms with Crippen molar-refractivity contribution in [2.75, 3.05) is 33.4 Å². The zero-order valence-corrected chi connectivity index (χ0v) is 15.6. The summed E-state index contributed by atoms with van der Waals surface area (Å²) in [7, 11) is 1.62. The molecule has 10 heteroatoms. The number of aliphatic hydroxyl groups excluding tert-OH is 1. The van der Waals surface area contributed by atoms with E-state index in [-0.39, 0.29) is 19.1 Å². The monoisotopic (exact) mass is 395 g/mol. The highest BCUT2D eigenvalue weighted by Gasteiger charge is 2.49. The highest BCUT2D eigenvalue weighted by molar-refractivity contribution is 6.31. The van der Waals surface area contributed by atoms with Crippen molar-refractivity contribution in [2.45, 2.75) is 18.8 Å². The number of likely N-dealkylation sites (N-methyl/N-ethyl adjacent to an activating group) is 1. The van der Waals surface area contributed by atoms with Gasteiger partial charge >= 0.3 is 6.03 Å². The maximum atomic E-state index is 12.5. The quantitative estimate of drug-likeness (QED) is 0.560. The van der Waals surface area contributed by atoms with Gasteiger partial charge in [0.1, 0.15) is 6.17 Å². The van der Waals surface area contributed by atoms with Gasteiger partial charge in [-0.05, 0) is 11.6 Å². The molecule has 2 atom stereocenters. The number of aliphatic hydroxyl groups is 1. The van der Waals surface area contributed by atoms with E-state index in [9.17, 15) is 9.59 Å². The van der Waals surface area contributed by atoms with Crippen LogP contribution in [0, 0.1) is 0 Å². The first-order chi connectivity index (χ1) is 13.0. The van der Waals surface area contributed by atoms with E-state index < -0.39 is 18.2 Å². The number of fused-ring (bicyclic) bond motifs is 1. The van der Waals surface area contributed by atoms with Crippen molar-refractivity contribution >= 4 is 29.5 Å². The Balaban J connectivity index is 1.83. The van der Waals surface area contributed by atoms with Crippen molar-refractivity contribution in [1.29, 1.82) is 0 Å². The van der Waals surface area contributed by atoms with E-state index in [0.717, 1.165) is 5.56 Å². The zero-order chi connectivity index (χ0) is 19.4. The number of aliphatic imine (C=N–C) groups is 1. The number of nitrogens with zero attached hydrogens (tertiary/aromatic N) is 3. The summed E-state index contributed by atoms with van der Waals surface area (Å²) in [6, 6.07) is 6.30. The molecule has 3 N–H and O–H groups in total. The van der Waals surface area contributed by atoms with E-state index in [1.807, 2.05) is 18.2 Å². The summed E-state index contributed by atoms with van der Waals surface area (Å²) < 4.78 is 5.22. The van der Waals surface area contributed by atoms with Crippen LogP contribution in [0.1, 0.15) is 5.56 Å². The van der Waals surface area contributed by atoms with E-state index in [0.29, 0.717) is 30.7 Å². The largest absolute Gasteiger partial charge is 0.394 e. The SMILES string of the molecule is CN1C(=O)NC(=O)C2C1NC(=NCCOCCO)N2Cc1ccccc1Cl. The number of nitrogens with one attached hydrogen (secondary N) is 2. The van der Waals surface area contributed by atoms with Gasteiger partial charge in [0, 0.05) is 18.6 Å². The van der Waals surface area contributed by atoms with Gasteiger partial charge in [0.25, 0.3) is 5.91 Å². The lowest BCUT2D eigenvalue weighted by molar-refractivity contribution is -0.127. The minimum Gasteiger partial charge on any atom is -0.394 e. The second-order valence-electron chi connectivity index (χ2n) is 6.20. The number of amides is 3. The highest BCUT2D eigenvalue weighted by Crippen LogP contribution is 2.25. The number of hydrogen-bond donors (Lipinski definition) is 3. The molecular weight excluding hydrogens is 374 g/mol. The minimum atomic E-state index is -0.624. The molecule has 2 unspecified atom stereocenters. The van der Waals surface area contributed by atoms with E-state index in [1.165, 1.54) is 4.90 Å². The summed E-state index contributed by atoms with van der Waals surface area (Å²) in [6.07, 6.45) is -0.522. The molecule has 9 nitrogen and oxygen atoms in total. The van der Waals surface area contributed by atoms with E-state index >= 15 is 0 Å². The average Bonchev–Trinajstić information content (AvgIpc) is 3.00. The molecule has 1 aromatic rings. The number of ether oxygens (including phenoxy) is 1. The summed E-state index contributed by atoms with van der Waals surface area (Å²) in [5.74, 6) is 0.110. The van der Waals surface area contributed by atoms with Gasteiger partial charge in [-0.2, -0.15) is 0 Å². The Morgan fingerprint density at radius 2 is 2.07 bits per heavy atom. The molecule has 0 spiro atoms. The van der Waals surface area contributed by atoms with Crippen molar-refractivity contribution in [2.24, 2.45) is 4.99 Å². The Morgan fingerprint density at radius 1 is 1.30 bits per heavy atom. The van der Waals surface area contributed by atoms with Crippen LogP contribution in [0.15, 0.2) is 29.3 Å². The summed E-state index contributed by atoms with van der Waals surface area (Å²) in [6.45, 7) is 1.23. The van der Waals surface area contributed by atoms with Gasteiger partial charge in [0.2, 0.25) is 0 Å². The number of carbonyl (C=O) groups is 2. The third-order valence-electron chi connectivity index (χ3n) is 4.45. The molecule has 1 aromatic carbocycles. The molecule has 2 heterocycles. The Kier molecular flexibility index (Phi) is 6.15. The van der Waals surface area contributed by atoms with Gasteiger partial charge < -0.3 is 25.0 Å². The first-order valence-corrected chi connectivity index (χ1v) is 8.98. The fourth-order valence-electron chi connectivity index (χ4n) is 3.09. The van der Waals surface area contributed by atoms with Crippen LogP contribution in [0.3, 0.4) is 0 Å². The number of guanidine groups is 1. The third-order valence-corrected chi connectivity index (χ3v) is 4.82. The van der Waals surface area contributed by atoms with Crippen molar-refractivity contribution < 1.29 is 19.4 Å². The summed E-state index contributed by atoms with van der Waals surface area (Å²) in [4.78, 5) is 32.2. The van der Waals surface area contributed by atoms with E-state index in [4.69, 9.17) is 21.4 Å². The van der Waals surface area contributed by atoms with Crippen LogP contribution in [-0.4, -0.2) is 78.4 Å². The maximum Gasteiger partial charge on any atom is 0.325 e. The Morgan fingerprint density at radius 3 is 2.81 bits per heavy atom. The van der Waals surface area contributed by atoms with Crippen molar-refractivity contribution in [1.82, 2.24) is 20.4 Å². The number of halogens is 1. The topological polar surface area (TPSA) is 107 Å². The summed E-state index contributed by atoms with van der Waals surface area (Å²) in [5.41, 5.74) is 0.846. The molecule has 0 bridgehead atoms. The standard InChI is InChI=1S/C17H22ClN5O4/c1-22-14-13(15(25)21-17(22)26)23(10-11-4-2-3-5-12(11)18)16(20-14)19-6-8-27-9-7-24/h2-5,13-14,24H,6-10H2,1H3,(H,19,20)(H,21,25,26). The van der Waals surface area contributed by atoms with Gasteiger partial charge in [-0.15, -0.1) is 0 Å². The Labute approximate surface area is 161 Å². The van der Waals surface area contributed by atoms with E-state index in [2.05, 4.69) is 15.6 Å². The number of benzene rings is 1. The third kappa shape index (κ3) is 4.15. The Bertz CT molecular complexity index is 744. The average molecular weight is 396 g/mol. The lowest BCUT2D eigenvalue weighted by atomic mass is 10.1.